The molecule has 1 heterocycles. The van der Waals surface area contributed by atoms with Crippen molar-refractivity contribution in [2.45, 2.75) is 13.5 Å². The number of aryl methyl sites for hydroxylation is 1. The second-order valence-corrected chi connectivity index (χ2v) is 3.37. The van der Waals surface area contributed by atoms with Gasteiger partial charge in [0.2, 0.25) is 0 Å². The van der Waals surface area contributed by atoms with E-state index in [-0.39, 0.29) is 17.9 Å². The van der Waals surface area contributed by atoms with E-state index in [4.69, 9.17) is 5.11 Å². The topological polar surface area (TPSA) is 50.9 Å². The Hall–Kier alpha value is -1.82. The first-order valence-corrected chi connectivity index (χ1v) is 4.60. The smallest absolute Gasteiger partial charge is 0.149 e. The molecule has 0 atom stereocenters. The monoisotopic (exact) mass is 225 g/mol. The fourth-order valence-electron chi connectivity index (χ4n) is 1.30. The summed E-state index contributed by atoms with van der Waals surface area (Å²) < 4.78 is 27.9. The van der Waals surface area contributed by atoms with Gasteiger partial charge in [-0.1, -0.05) is 5.21 Å². The standard InChI is InChI=1S/C10H9F2N3O/c1-6-2-9(12)10(3-8(6)11)15-4-7(5-16)13-14-15/h2-4,16H,5H2,1H3. The van der Waals surface area contributed by atoms with Crippen LogP contribution in [0.2, 0.25) is 0 Å². The van der Waals surface area contributed by atoms with Crippen molar-refractivity contribution >= 4 is 0 Å². The van der Waals surface area contributed by atoms with Crippen molar-refractivity contribution < 1.29 is 13.9 Å². The fourth-order valence-corrected chi connectivity index (χ4v) is 1.30. The number of aliphatic hydroxyl groups excluding tert-OH is 1. The third-order valence-corrected chi connectivity index (χ3v) is 2.18. The summed E-state index contributed by atoms with van der Waals surface area (Å²) in [5.74, 6) is -1.11. The van der Waals surface area contributed by atoms with Gasteiger partial charge in [-0.2, -0.15) is 0 Å². The van der Waals surface area contributed by atoms with E-state index in [0.717, 1.165) is 16.8 Å². The molecule has 0 amide bonds. The number of hydrogen-bond acceptors (Lipinski definition) is 3. The Bertz CT molecular complexity index is 525. The van der Waals surface area contributed by atoms with Crippen molar-refractivity contribution in [3.05, 3.63) is 41.2 Å². The summed E-state index contributed by atoms with van der Waals surface area (Å²) in [5.41, 5.74) is 0.486. The van der Waals surface area contributed by atoms with Crippen LogP contribution >= 0.6 is 0 Å². The molecule has 0 aliphatic heterocycles. The highest BCUT2D eigenvalue weighted by atomic mass is 19.1. The molecule has 0 aliphatic rings. The number of nitrogens with zero attached hydrogens (tertiary/aromatic N) is 3. The van der Waals surface area contributed by atoms with E-state index in [1.807, 2.05) is 0 Å². The van der Waals surface area contributed by atoms with E-state index in [1.54, 1.807) is 0 Å². The predicted octanol–water partition coefficient (Wildman–Crippen LogP) is 1.35. The molecular formula is C10H9F2N3O. The van der Waals surface area contributed by atoms with Gasteiger partial charge in [0.25, 0.3) is 0 Å². The van der Waals surface area contributed by atoms with Gasteiger partial charge in [0.1, 0.15) is 23.0 Å². The summed E-state index contributed by atoms with van der Waals surface area (Å²) in [6, 6.07) is 2.13. The Morgan fingerprint density at radius 3 is 2.69 bits per heavy atom. The second kappa shape index (κ2) is 3.97. The van der Waals surface area contributed by atoms with Crippen molar-refractivity contribution in [1.29, 1.82) is 0 Å². The fraction of sp³-hybridized carbons (Fsp3) is 0.200. The minimum atomic E-state index is -0.590. The lowest BCUT2D eigenvalue weighted by molar-refractivity contribution is 0.276. The van der Waals surface area contributed by atoms with Gasteiger partial charge in [-0.05, 0) is 18.6 Å². The van der Waals surface area contributed by atoms with Gasteiger partial charge in [0.05, 0.1) is 12.8 Å². The van der Waals surface area contributed by atoms with E-state index >= 15 is 0 Å². The second-order valence-electron chi connectivity index (χ2n) is 3.37. The molecule has 4 nitrogen and oxygen atoms in total. The molecule has 0 aliphatic carbocycles. The molecule has 6 heteroatoms. The first kappa shape index (κ1) is 10.7. The van der Waals surface area contributed by atoms with Crippen LogP contribution in [0.5, 0.6) is 0 Å². The van der Waals surface area contributed by atoms with Gasteiger partial charge < -0.3 is 5.11 Å². The van der Waals surface area contributed by atoms with Crippen LogP contribution in [0.3, 0.4) is 0 Å². The molecule has 1 aromatic heterocycles. The summed E-state index contributed by atoms with van der Waals surface area (Å²) in [4.78, 5) is 0. The first-order valence-electron chi connectivity index (χ1n) is 4.60. The summed E-state index contributed by atoms with van der Waals surface area (Å²) in [6.07, 6.45) is 1.34. The zero-order valence-electron chi connectivity index (χ0n) is 8.48. The molecule has 84 valence electrons. The van der Waals surface area contributed by atoms with Crippen LogP contribution in [0.1, 0.15) is 11.3 Å². The quantitative estimate of drug-likeness (QED) is 0.839. The highest BCUT2D eigenvalue weighted by Crippen LogP contribution is 2.17. The van der Waals surface area contributed by atoms with Crippen LogP contribution in [0.15, 0.2) is 18.3 Å². The van der Waals surface area contributed by atoms with Crippen LogP contribution in [0.25, 0.3) is 5.69 Å². The molecule has 0 unspecified atom stereocenters. The Morgan fingerprint density at radius 2 is 2.06 bits per heavy atom. The first-order chi connectivity index (χ1) is 7.61. The van der Waals surface area contributed by atoms with Crippen LogP contribution in [0, 0.1) is 18.6 Å². The summed E-state index contributed by atoms with van der Waals surface area (Å²) >= 11 is 0. The van der Waals surface area contributed by atoms with Gasteiger partial charge in [-0.25, -0.2) is 13.5 Å². The van der Waals surface area contributed by atoms with E-state index in [2.05, 4.69) is 10.3 Å². The molecule has 0 spiro atoms. The number of halogens is 2. The maximum Gasteiger partial charge on any atom is 0.149 e. The Kier molecular flexibility index (Phi) is 2.66. The average molecular weight is 225 g/mol. The number of benzene rings is 1. The van der Waals surface area contributed by atoms with Gasteiger partial charge in [0, 0.05) is 6.07 Å². The lowest BCUT2D eigenvalue weighted by Gasteiger charge is -2.04. The minimum Gasteiger partial charge on any atom is -0.390 e. The molecule has 0 saturated carbocycles. The van der Waals surface area contributed by atoms with Crippen molar-refractivity contribution in [1.82, 2.24) is 15.0 Å². The molecule has 1 aromatic carbocycles. The summed E-state index contributed by atoms with van der Waals surface area (Å²) in [6.45, 7) is 1.18. The van der Waals surface area contributed by atoms with E-state index in [1.165, 1.54) is 13.1 Å². The molecule has 0 fully saturated rings. The van der Waals surface area contributed by atoms with Gasteiger partial charge in [0.15, 0.2) is 0 Å². The predicted molar refractivity (Wildman–Crippen MR) is 51.9 cm³/mol. The number of hydrogen-bond donors (Lipinski definition) is 1. The SMILES string of the molecule is Cc1cc(F)c(-n2cc(CO)nn2)cc1F. The molecule has 2 rings (SSSR count). The number of aromatic nitrogens is 3. The van der Waals surface area contributed by atoms with Crippen molar-refractivity contribution in [3.63, 3.8) is 0 Å². The Balaban J connectivity index is 2.51. The summed E-state index contributed by atoms with van der Waals surface area (Å²) in [5, 5.41) is 15.9. The van der Waals surface area contributed by atoms with E-state index < -0.39 is 11.6 Å². The lowest BCUT2D eigenvalue weighted by atomic mass is 10.2. The van der Waals surface area contributed by atoms with Crippen LogP contribution < -0.4 is 0 Å². The molecular weight excluding hydrogens is 216 g/mol. The van der Waals surface area contributed by atoms with Crippen LogP contribution in [-0.2, 0) is 6.61 Å². The molecule has 0 bridgehead atoms. The van der Waals surface area contributed by atoms with E-state index in [9.17, 15) is 8.78 Å². The molecule has 2 aromatic rings. The molecule has 16 heavy (non-hydrogen) atoms. The van der Waals surface area contributed by atoms with Gasteiger partial charge in [-0.15, -0.1) is 5.10 Å². The highest BCUT2D eigenvalue weighted by molar-refractivity contribution is 5.36. The summed E-state index contributed by atoms with van der Waals surface area (Å²) in [7, 11) is 0. The maximum atomic E-state index is 13.5. The normalized spacial score (nSPS) is 10.8. The van der Waals surface area contributed by atoms with Gasteiger partial charge >= 0.3 is 0 Å². The van der Waals surface area contributed by atoms with Crippen molar-refractivity contribution in [2.24, 2.45) is 0 Å². The molecule has 0 radical (unpaired) electrons. The Morgan fingerprint density at radius 1 is 1.31 bits per heavy atom. The third kappa shape index (κ3) is 1.79. The Labute approximate surface area is 90.1 Å². The van der Waals surface area contributed by atoms with Gasteiger partial charge in [-0.3, -0.25) is 0 Å². The van der Waals surface area contributed by atoms with Crippen molar-refractivity contribution in [3.8, 4) is 5.69 Å². The largest absolute Gasteiger partial charge is 0.390 e. The van der Waals surface area contributed by atoms with E-state index in [0.29, 0.717) is 5.69 Å². The average Bonchev–Trinajstić information content (AvgIpc) is 2.71. The zero-order valence-corrected chi connectivity index (χ0v) is 8.48. The highest BCUT2D eigenvalue weighted by Gasteiger charge is 2.10. The molecule has 0 saturated heterocycles. The number of aliphatic hydroxyl groups is 1. The third-order valence-electron chi connectivity index (χ3n) is 2.18. The van der Waals surface area contributed by atoms with Crippen molar-refractivity contribution in [2.75, 3.05) is 0 Å². The van der Waals surface area contributed by atoms with Crippen LogP contribution in [0.4, 0.5) is 8.78 Å². The lowest BCUT2D eigenvalue weighted by Crippen LogP contribution is -2.00. The molecule has 1 N–H and O–H groups in total. The zero-order chi connectivity index (χ0) is 11.7. The minimum absolute atomic E-state index is 0.0321. The number of rotatable bonds is 2. The maximum absolute atomic E-state index is 13.5. The van der Waals surface area contributed by atoms with Crippen LogP contribution in [-0.4, -0.2) is 20.1 Å².